The first-order valence-electron chi connectivity index (χ1n) is 8.81. The van der Waals surface area contributed by atoms with E-state index in [2.05, 4.69) is 0 Å². The Kier molecular flexibility index (Phi) is 5.90. The molecular formula is C19H24FN2O3S+. The third-order valence-electron chi connectivity index (χ3n) is 4.60. The molecule has 1 N–H and O–H groups in total. The number of halogens is 1. The highest BCUT2D eigenvalue weighted by atomic mass is 32.2. The molecule has 0 unspecified atom stereocenters. The molecule has 1 aliphatic heterocycles. The van der Waals surface area contributed by atoms with Gasteiger partial charge in [0.15, 0.2) is 0 Å². The molecule has 0 amide bonds. The highest BCUT2D eigenvalue weighted by molar-refractivity contribution is 7.89. The molecule has 26 heavy (non-hydrogen) atoms. The molecule has 3 rings (SSSR count). The zero-order valence-corrected chi connectivity index (χ0v) is 15.6. The molecule has 0 atom stereocenters. The molecule has 5 nitrogen and oxygen atoms in total. The molecule has 2 aromatic carbocycles. The highest BCUT2D eigenvalue weighted by Gasteiger charge is 2.32. The Labute approximate surface area is 154 Å². The monoisotopic (exact) mass is 379 g/mol. The number of nitrogens with zero attached hydrogens (tertiary/aromatic N) is 1. The molecule has 1 fully saturated rings. The number of quaternary nitrogens is 1. The second kappa shape index (κ2) is 8.16. The van der Waals surface area contributed by atoms with E-state index in [9.17, 15) is 12.8 Å². The van der Waals surface area contributed by atoms with Crippen LogP contribution in [0.5, 0.6) is 5.75 Å². The lowest BCUT2D eigenvalue weighted by atomic mass is 10.2. The third-order valence-corrected chi connectivity index (χ3v) is 6.53. The summed E-state index contributed by atoms with van der Waals surface area (Å²) in [7, 11) is -3.79. The van der Waals surface area contributed by atoms with Crippen LogP contribution in [-0.4, -0.2) is 45.5 Å². The number of para-hydroxylation sites is 1. The number of hydrogen-bond acceptors (Lipinski definition) is 3. The molecule has 140 valence electrons. The Bertz CT molecular complexity index is 849. The molecule has 1 saturated heterocycles. The van der Waals surface area contributed by atoms with Crippen LogP contribution in [0.3, 0.4) is 0 Å². The van der Waals surface area contributed by atoms with Gasteiger partial charge in [0.25, 0.3) is 0 Å². The van der Waals surface area contributed by atoms with Crippen molar-refractivity contribution in [1.82, 2.24) is 4.31 Å². The maximum Gasteiger partial charge on any atom is 0.246 e. The van der Waals surface area contributed by atoms with Gasteiger partial charge in [0.2, 0.25) is 10.0 Å². The molecule has 1 heterocycles. The highest BCUT2D eigenvalue weighted by Crippen LogP contribution is 2.19. The lowest BCUT2D eigenvalue weighted by molar-refractivity contribution is -0.917. The van der Waals surface area contributed by atoms with Crippen molar-refractivity contribution in [1.29, 1.82) is 0 Å². The Morgan fingerprint density at radius 3 is 2.42 bits per heavy atom. The summed E-state index contributed by atoms with van der Waals surface area (Å²) in [6.07, 6.45) is 0. The fourth-order valence-electron chi connectivity index (χ4n) is 3.23. The van der Waals surface area contributed by atoms with Gasteiger partial charge in [-0.25, -0.2) is 12.8 Å². The summed E-state index contributed by atoms with van der Waals surface area (Å²) >= 11 is 0. The summed E-state index contributed by atoms with van der Waals surface area (Å²) < 4.78 is 46.3. The molecule has 0 spiro atoms. The van der Waals surface area contributed by atoms with E-state index in [4.69, 9.17) is 4.74 Å². The minimum atomic E-state index is -3.79. The van der Waals surface area contributed by atoms with Crippen LogP contribution in [0.15, 0.2) is 53.4 Å². The van der Waals surface area contributed by atoms with E-state index in [0.29, 0.717) is 32.8 Å². The van der Waals surface area contributed by atoms with Gasteiger partial charge in [-0.15, -0.1) is 0 Å². The van der Waals surface area contributed by atoms with E-state index in [1.807, 2.05) is 31.2 Å². The standard InChI is InChI=1S/C19H23FN2O3S/c1-2-25-18-9-5-3-7-16(18)15-21-11-13-22(14-12-21)26(23,24)19-10-6-4-8-17(19)20/h3-10H,2,11-15H2,1H3/p+1. The van der Waals surface area contributed by atoms with Crippen LogP contribution in [0.2, 0.25) is 0 Å². The Hall–Kier alpha value is -1.96. The van der Waals surface area contributed by atoms with E-state index in [1.165, 1.54) is 27.4 Å². The van der Waals surface area contributed by atoms with Gasteiger partial charge >= 0.3 is 0 Å². The fraction of sp³-hybridized carbons (Fsp3) is 0.368. The van der Waals surface area contributed by atoms with Gasteiger partial charge in [-0.3, -0.25) is 0 Å². The van der Waals surface area contributed by atoms with Crippen LogP contribution in [0.25, 0.3) is 0 Å². The Morgan fingerprint density at radius 2 is 1.73 bits per heavy atom. The lowest BCUT2D eigenvalue weighted by Crippen LogP contribution is -3.13. The topological polar surface area (TPSA) is 51.1 Å². The van der Waals surface area contributed by atoms with Crippen molar-refractivity contribution in [2.75, 3.05) is 32.8 Å². The van der Waals surface area contributed by atoms with E-state index in [-0.39, 0.29) is 4.90 Å². The molecule has 0 radical (unpaired) electrons. The van der Waals surface area contributed by atoms with Gasteiger partial charge in [0, 0.05) is 5.56 Å². The summed E-state index contributed by atoms with van der Waals surface area (Å²) in [5.41, 5.74) is 1.12. The molecule has 0 bridgehead atoms. The molecular weight excluding hydrogens is 355 g/mol. The SMILES string of the molecule is CCOc1ccccc1C[NH+]1CCN(S(=O)(=O)c2ccccc2F)CC1. The van der Waals surface area contributed by atoms with E-state index < -0.39 is 15.8 Å². The third kappa shape index (κ3) is 4.06. The van der Waals surface area contributed by atoms with Crippen molar-refractivity contribution < 1.29 is 22.4 Å². The minimum absolute atomic E-state index is 0.245. The summed E-state index contributed by atoms with van der Waals surface area (Å²) in [4.78, 5) is 1.04. The molecule has 0 saturated carbocycles. The molecule has 7 heteroatoms. The average Bonchev–Trinajstić information content (AvgIpc) is 2.64. The number of sulfonamides is 1. The number of nitrogens with one attached hydrogen (secondary N) is 1. The van der Waals surface area contributed by atoms with Gasteiger partial charge in [0.05, 0.1) is 32.8 Å². The van der Waals surface area contributed by atoms with Crippen LogP contribution in [-0.2, 0) is 16.6 Å². The first-order chi connectivity index (χ1) is 12.5. The van der Waals surface area contributed by atoms with E-state index in [0.717, 1.165) is 17.9 Å². The second-order valence-corrected chi connectivity index (χ2v) is 8.21. The number of ether oxygens (including phenoxy) is 1. The van der Waals surface area contributed by atoms with Gasteiger partial charge < -0.3 is 9.64 Å². The second-order valence-electron chi connectivity index (χ2n) is 6.30. The maximum absolute atomic E-state index is 13.9. The Morgan fingerprint density at radius 1 is 1.08 bits per heavy atom. The van der Waals surface area contributed by atoms with E-state index in [1.54, 1.807) is 6.07 Å². The summed E-state index contributed by atoms with van der Waals surface area (Å²) in [6, 6.07) is 13.5. The summed E-state index contributed by atoms with van der Waals surface area (Å²) in [6.45, 7) is 5.45. The zero-order valence-electron chi connectivity index (χ0n) is 14.8. The lowest BCUT2D eigenvalue weighted by Gasteiger charge is -2.31. The van der Waals surface area contributed by atoms with Crippen LogP contribution in [0, 0.1) is 5.82 Å². The number of rotatable bonds is 6. The smallest absolute Gasteiger partial charge is 0.246 e. The van der Waals surface area contributed by atoms with Crippen molar-refractivity contribution in [3.8, 4) is 5.75 Å². The van der Waals surface area contributed by atoms with Crippen molar-refractivity contribution in [3.63, 3.8) is 0 Å². The quantitative estimate of drug-likeness (QED) is 0.824. The molecule has 2 aromatic rings. The molecule has 0 aromatic heterocycles. The van der Waals surface area contributed by atoms with Crippen molar-refractivity contribution >= 4 is 10.0 Å². The normalized spacial score (nSPS) is 16.5. The maximum atomic E-state index is 13.9. The molecule has 1 aliphatic rings. The largest absolute Gasteiger partial charge is 0.493 e. The predicted octanol–water partition coefficient (Wildman–Crippen LogP) is 1.31. The first-order valence-corrected chi connectivity index (χ1v) is 10.3. The van der Waals surface area contributed by atoms with Gasteiger partial charge in [-0.2, -0.15) is 4.31 Å². The van der Waals surface area contributed by atoms with Gasteiger partial charge in [0.1, 0.15) is 23.0 Å². The number of benzene rings is 2. The zero-order chi connectivity index (χ0) is 18.6. The number of hydrogen-bond donors (Lipinski definition) is 1. The Balaban J connectivity index is 1.66. The van der Waals surface area contributed by atoms with Crippen molar-refractivity contribution in [3.05, 3.63) is 59.9 Å². The van der Waals surface area contributed by atoms with Crippen molar-refractivity contribution in [2.24, 2.45) is 0 Å². The predicted molar refractivity (Wildman–Crippen MR) is 97.2 cm³/mol. The van der Waals surface area contributed by atoms with Crippen LogP contribution < -0.4 is 9.64 Å². The summed E-state index contributed by atoms with van der Waals surface area (Å²) in [5, 5.41) is 0. The van der Waals surface area contributed by atoms with Crippen LogP contribution >= 0.6 is 0 Å². The first kappa shape index (κ1) is 18.8. The van der Waals surface area contributed by atoms with Crippen LogP contribution in [0.4, 0.5) is 4.39 Å². The van der Waals surface area contributed by atoms with E-state index >= 15 is 0 Å². The molecule has 0 aliphatic carbocycles. The number of piperazine rings is 1. The average molecular weight is 379 g/mol. The van der Waals surface area contributed by atoms with Gasteiger partial charge in [-0.05, 0) is 31.2 Å². The minimum Gasteiger partial charge on any atom is -0.493 e. The van der Waals surface area contributed by atoms with Gasteiger partial charge in [-0.1, -0.05) is 24.3 Å². The van der Waals surface area contributed by atoms with Crippen LogP contribution in [0.1, 0.15) is 12.5 Å². The van der Waals surface area contributed by atoms with Crippen molar-refractivity contribution in [2.45, 2.75) is 18.4 Å². The fourth-order valence-corrected chi connectivity index (χ4v) is 4.73. The summed E-state index contributed by atoms with van der Waals surface area (Å²) in [5.74, 6) is 0.178.